The van der Waals surface area contributed by atoms with E-state index in [1.165, 1.54) is 5.56 Å². The maximum atomic E-state index is 11.8. The highest BCUT2D eigenvalue weighted by molar-refractivity contribution is 8.00. The lowest BCUT2D eigenvalue weighted by Gasteiger charge is -2.17. The summed E-state index contributed by atoms with van der Waals surface area (Å²) in [5.41, 5.74) is 2.05. The van der Waals surface area contributed by atoms with E-state index in [2.05, 4.69) is 6.92 Å². The lowest BCUT2D eigenvalue weighted by Crippen LogP contribution is -2.28. The molecule has 98 valence electrons. The molecule has 5 heteroatoms. The van der Waals surface area contributed by atoms with E-state index in [4.69, 9.17) is 5.11 Å². The fraction of sp³-hybridized carbons (Fsp3) is 0.385. The molecule has 4 nitrogen and oxygen atoms in total. The summed E-state index contributed by atoms with van der Waals surface area (Å²) in [5.74, 6) is -0.861. The minimum atomic E-state index is -0.900. The molecular weight excluding hydrogens is 250 g/mol. The van der Waals surface area contributed by atoms with E-state index in [1.54, 1.807) is 11.9 Å². The molecule has 0 aliphatic carbocycles. The Hall–Kier alpha value is -1.49. The molecule has 0 fully saturated rings. The van der Waals surface area contributed by atoms with E-state index >= 15 is 0 Å². The minimum Gasteiger partial charge on any atom is -0.481 e. The summed E-state index contributed by atoms with van der Waals surface area (Å²) < 4.78 is 0. The van der Waals surface area contributed by atoms with Gasteiger partial charge in [-0.25, -0.2) is 0 Å². The van der Waals surface area contributed by atoms with Crippen LogP contribution in [0.15, 0.2) is 24.3 Å². The van der Waals surface area contributed by atoms with Crippen LogP contribution in [0.4, 0.5) is 5.69 Å². The van der Waals surface area contributed by atoms with Crippen LogP contribution in [0.1, 0.15) is 12.5 Å². The van der Waals surface area contributed by atoms with Crippen LogP contribution in [-0.2, 0) is 16.0 Å². The van der Waals surface area contributed by atoms with Crippen LogP contribution in [0, 0.1) is 0 Å². The number of anilines is 1. The van der Waals surface area contributed by atoms with Crippen molar-refractivity contribution < 1.29 is 14.7 Å². The number of amides is 1. The van der Waals surface area contributed by atoms with Crippen LogP contribution in [-0.4, -0.2) is 35.5 Å². The molecule has 0 atom stereocenters. The molecule has 0 heterocycles. The molecule has 18 heavy (non-hydrogen) atoms. The quantitative estimate of drug-likeness (QED) is 0.857. The summed E-state index contributed by atoms with van der Waals surface area (Å²) >= 11 is 1.11. The predicted octanol–water partition coefficient (Wildman–Crippen LogP) is 2.03. The second kappa shape index (κ2) is 7.06. The second-order valence-electron chi connectivity index (χ2n) is 3.86. The zero-order chi connectivity index (χ0) is 13.5. The lowest BCUT2D eigenvalue weighted by molar-refractivity contribution is -0.133. The fourth-order valence-corrected chi connectivity index (χ4v) is 2.07. The highest BCUT2D eigenvalue weighted by atomic mass is 32.2. The molecule has 0 spiro atoms. The number of hydrogen-bond acceptors (Lipinski definition) is 3. The van der Waals surface area contributed by atoms with Crippen LogP contribution in [0.2, 0.25) is 0 Å². The first-order valence-corrected chi connectivity index (χ1v) is 6.85. The molecule has 1 amide bonds. The Kier molecular flexibility index (Phi) is 5.71. The third-order valence-corrected chi connectivity index (χ3v) is 3.46. The van der Waals surface area contributed by atoms with Crippen molar-refractivity contribution in [3.63, 3.8) is 0 Å². The highest BCUT2D eigenvalue weighted by Crippen LogP contribution is 2.15. The van der Waals surface area contributed by atoms with E-state index in [9.17, 15) is 9.59 Å². The molecule has 1 N–H and O–H groups in total. The Morgan fingerprint density at radius 3 is 2.33 bits per heavy atom. The third-order valence-electron chi connectivity index (χ3n) is 2.56. The summed E-state index contributed by atoms with van der Waals surface area (Å²) in [6.45, 7) is 2.08. The van der Waals surface area contributed by atoms with Gasteiger partial charge >= 0.3 is 5.97 Å². The smallest absolute Gasteiger partial charge is 0.313 e. The third kappa shape index (κ3) is 4.41. The summed E-state index contributed by atoms with van der Waals surface area (Å²) in [5, 5.41) is 8.49. The SMILES string of the molecule is CCc1ccc(N(C)C(=O)CSCC(=O)O)cc1. The molecule has 0 saturated carbocycles. The van der Waals surface area contributed by atoms with Crippen molar-refractivity contribution in [3.05, 3.63) is 29.8 Å². The molecule has 0 aromatic heterocycles. The van der Waals surface area contributed by atoms with Gasteiger partial charge in [-0.15, -0.1) is 11.8 Å². The van der Waals surface area contributed by atoms with Crippen molar-refractivity contribution >= 4 is 29.3 Å². The molecule has 0 aliphatic heterocycles. The van der Waals surface area contributed by atoms with Gasteiger partial charge in [0.25, 0.3) is 0 Å². The van der Waals surface area contributed by atoms with Gasteiger partial charge in [-0.3, -0.25) is 9.59 Å². The maximum Gasteiger partial charge on any atom is 0.313 e. The van der Waals surface area contributed by atoms with Crippen molar-refractivity contribution in [1.82, 2.24) is 0 Å². The van der Waals surface area contributed by atoms with Gasteiger partial charge < -0.3 is 10.0 Å². The molecule has 1 aromatic rings. The number of aliphatic carboxylic acids is 1. The van der Waals surface area contributed by atoms with Gasteiger partial charge in [0.2, 0.25) is 5.91 Å². The van der Waals surface area contributed by atoms with Crippen LogP contribution in [0.5, 0.6) is 0 Å². The summed E-state index contributed by atoms with van der Waals surface area (Å²) in [6.07, 6.45) is 0.965. The number of rotatable bonds is 6. The van der Waals surface area contributed by atoms with E-state index in [0.29, 0.717) is 0 Å². The Labute approximate surface area is 111 Å². The highest BCUT2D eigenvalue weighted by Gasteiger charge is 2.11. The summed E-state index contributed by atoms with van der Waals surface area (Å²) in [6, 6.07) is 7.78. The molecule has 0 radical (unpaired) electrons. The number of carboxylic acid groups (broad SMARTS) is 1. The number of hydrogen-bond donors (Lipinski definition) is 1. The Bertz CT molecular complexity index is 417. The zero-order valence-corrected chi connectivity index (χ0v) is 11.4. The van der Waals surface area contributed by atoms with Crippen molar-refractivity contribution in [1.29, 1.82) is 0 Å². The van der Waals surface area contributed by atoms with Crippen LogP contribution >= 0.6 is 11.8 Å². The Balaban J connectivity index is 2.54. The average Bonchev–Trinajstić information content (AvgIpc) is 2.37. The van der Waals surface area contributed by atoms with E-state index in [0.717, 1.165) is 23.9 Å². The topological polar surface area (TPSA) is 57.6 Å². The van der Waals surface area contributed by atoms with Crippen molar-refractivity contribution in [3.8, 4) is 0 Å². The first-order valence-electron chi connectivity index (χ1n) is 5.69. The number of carbonyl (C=O) groups excluding carboxylic acids is 1. The van der Waals surface area contributed by atoms with Crippen LogP contribution in [0.25, 0.3) is 0 Å². The normalized spacial score (nSPS) is 10.1. The van der Waals surface area contributed by atoms with Gasteiger partial charge in [0, 0.05) is 12.7 Å². The molecule has 0 saturated heterocycles. The summed E-state index contributed by atoms with van der Waals surface area (Å²) in [7, 11) is 1.70. The monoisotopic (exact) mass is 267 g/mol. The number of aryl methyl sites for hydroxylation is 1. The maximum absolute atomic E-state index is 11.8. The van der Waals surface area contributed by atoms with Crippen LogP contribution in [0.3, 0.4) is 0 Å². The van der Waals surface area contributed by atoms with Gasteiger partial charge in [0.15, 0.2) is 0 Å². The van der Waals surface area contributed by atoms with E-state index < -0.39 is 5.97 Å². The molecule has 0 unspecified atom stereocenters. The molecular formula is C13H17NO3S. The van der Waals surface area contributed by atoms with Gasteiger partial charge in [0.1, 0.15) is 0 Å². The standard InChI is InChI=1S/C13H17NO3S/c1-3-10-4-6-11(7-5-10)14(2)12(15)8-18-9-13(16)17/h4-7H,3,8-9H2,1-2H3,(H,16,17). The number of thioether (sulfide) groups is 1. The van der Waals surface area contributed by atoms with E-state index in [1.807, 2.05) is 24.3 Å². The number of nitrogens with zero attached hydrogens (tertiary/aromatic N) is 1. The molecule has 0 aliphatic rings. The van der Waals surface area contributed by atoms with Gasteiger partial charge in [0.05, 0.1) is 11.5 Å². The molecule has 1 aromatic carbocycles. The lowest BCUT2D eigenvalue weighted by atomic mass is 10.1. The van der Waals surface area contributed by atoms with Gasteiger partial charge in [-0.2, -0.15) is 0 Å². The fourth-order valence-electron chi connectivity index (χ4n) is 1.42. The first kappa shape index (κ1) is 14.6. The first-order chi connectivity index (χ1) is 8.54. The van der Waals surface area contributed by atoms with Crippen molar-refractivity contribution in [2.75, 3.05) is 23.5 Å². The zero-order valence-electron chi connectivity index (χ0n) is 10.5. The predicted molar refractivity (Wildman–Crippen MR) is 74.2 cm³/mol. The minimum absolute atomic E-state index is 0.0473. The number of carboxylic acids is 1. The number of carbonyl (C=O) groups is 2. The largest absolute Gasteiger partial charge is 0.481 e. The van der Waals surface area contributed by atoms with Crippen molar-refractivity contribution in [2.24, 2.45) is 0 Å². The average molecular weight is 267 g/mol. The second-order valence-corrected chi connectivity index (χ2v) is 4.84. The number of benzene rings is 1. The van der Waals surface area contributed by atoms with Gasteiger partial charge in [-0.05, 0) is 24.1 Å². The van der Waals surface area contributed by atoms with Crippen molar-refractivity contribution in [2.45, 2.75) is 13.3 Å². The summed E-state index contributed by atoms with van der Waals surface area (Å²) in [4.78, 5) is 23.7. The van der Waals surface area contributed by atoms with Gasteiger partial charge in [-0.1, -0.05) is 19.1 Å². The van der Waals surface area contributed by atoms with E-state index in [-0.39, 0.29) is 17.4 Å². The molecule has 0 bridgehead atoms. The Morgan fingerprint density at radius 1 is 1.22 bits per heavy atom. The Morgan fingerprint density at radius 2 is 1.83 bits per heavy atom. The van der Waals surface area contributed by atoms with Crippen LogP contribution < -0.4 is 4.90 Å². The molecule has 1 rings (SSSR count).